The normalized spacial score (nSPS) is 12.1. The third kappa shape index (κ3) is 5.97. The van der Waals surface area contributed by atoms with E-state index in [4.69, 9.17) is 10.5 Å². The molecular formula is C20H25NO2. The first-order valence-electron chi connectivity index (χ1n) is 8.11. The van der Waals surface area contributed by atoms with Crippen molar-refractivity contribution in [2.75, 3.05) is 6.61 Å². The Labute approximate surface area is 138 Å². The molecule has 0 radical (unpaired) electrons. The van der Waals surface area contributed by atoms with E-state index < -0.39 is 0 Å². The van der Waals surface area contributed by atoms with Crippen molar-refractivity contribution in [2.24, 2.45) is 11.7 Å². The first kappa shape index (κ1) is 17.4. The molecule has 0 amide bonds. The maximum atomic E-state index is 12.1. The Kier molecular flexibility index (Phi) is 6.98. The van der Waals surface area contributed by atoms with Crippen LogP contribution in [0.25, 0.3) is 0 Å². The van der Waals surface area contributed by atoms with Gasteiger partial charge in [-0.2, -0.15) is 0 Å². The third-order valence-electron chi connectivity index (χ3n) is 4.03. The number of rotatable bonds is 9. The molecule has 2 aromatic carbocycles. The average Bonchev–Trinajstić information content (AvgIpc) is 2.61. The van der Waals surface area contributed by atoms with Crippen molar-refractivity contribution in [3.8, 4) is 0 Å². The second-order valence-corrected chi connectivity index (χ2v) is 5.91. The van der Waals surface area contributed by atoms with E-state index in [0.29, 0.717) is 13.2 Å². The summed E-state index contributed by atoms with van der Waals surface area (Å²) in [4.78, 5) is 12.1. The second kappa shape index (κ2) is 9.23. The first-order valence-corrected chi connectivity index (χ1v) is 8.11. The molecule has 3 nitrogen and oxygen atoms in total. The van der Waals surface area contributed by atoms with Gasteiger partial charge in [0.05, 0.1) is 6.61 Å². The molecule has 0 aromatic heterocycles. The molecule has 2 N–H and O–H groups in total. The van der Waals surface area contributed by atoms with E-state index in [2.05, 4.69) is 12.1 Å². The van der Waals surface area contributed by atoms with Gasteiger partial charge in [0.1, 0.15) is 6.61 Å². The van der Waals surface area contributed by atoms with Gasteiger partial charge in [0, 0.05) is 12.5 Å². The third-order valence-corrected chi connectivity index (χ3v) is 4.03. The minimum atomic E-state index is 0.0230. The summed E-state index contributed by atoms with van der Waals surface area (Å²) in [7, 11) is 0. The molecule has 23 heavy (non-hydrogen) atoms. The summed E-state index contributed by atoms with van der Waals surface area (Å²) < 4.78 is 5.55. The standard InChI is InChI=1S/C20H25NO2/c1-16(7-8-17-5-3-2-4-6-17)20(22)15-23-14-19-11-9-18(13-21)10-12-19/h2-6,9-12,16H,7-8,13-15,21H2,1H3/t16-/m0/s1. The lowest BCUT2D eigenvalue weighted by Gasteiger charge is -2.11. The summed E-state index contributed by atoms with van der Waals surface area (Å²) in [6, 6.07) is 18.2. The molecule has 1 atom stereocenters. The van der Waals surface area contributed by atoms with E-state index in [0.717, 1.165) is 24.0 Å². The summed E-state index contributed by atoms with van der Waals surface area (Å²) in [5, 5.41) is 0. The average molecular weight is 311 g/mol. The number of aryl methyl sites for hydroxylation is 1. The molecule has 0 aliphatic rings. The van der Waals surface area contributed by atoms with Gasteiger partial charge in [-0.25, -0.2) is 0 Å². The van der Waals surface area contributed by atoms with Crippen LogP contribution in [0.1, 0.15) is 30.0 Å². The molecule has 2 rings (SSSR count). The first-order chi connectivity index (χ1) is 11.2. The molecule has 122 valence electrons. The fourth-order valence-electron chi connectivity index (χ4n) is 2.37. The molecule has 0 saturated heterocycles. The highest BCUT2D eigenvalue weighted by molar-refractivity contribution is 5.81. The lowest BCUT2D eigenvalue weighted by molar-refractivity contribution is -0.127. The zero-order valence-corrected chi connectivity index (χ0v) is 13.7. The molecule has 0 saturated carbocycles. The SMILES string of the molecule is C[C@@H](CCc1ccccc1)C(=O)COCc1ccc(CN)cc1. The highest BCUT2D eigenvalue weighted by Gasteiger charge is 2.13. The van der Waals surface area contributed by atoms with Gasteiger partial charge in [0.15, 0.2) is 5.78 Å². The maximum Gasteiger partial charge on any atom is 0.161 e. The highest BCUT2D eigenvalue weighted by atomic mass is 16.5. The summed E-state index contributed by atoms with van der Waals surface area (Å²) >= 11 is 0. The number of hydrogen-bond donors (Lipinski definition) is 1. The van der Waals surface area contributed by atoms with E-state index in [9.17, 15) is 4.79 Å². The molecule has 0 fully saturated rings. The van der Waals surface area contributed by atoms with Gasteiger partial charge >= 0.3 is 0 Å². The summed E-state index contributed by atoms with van der Waals surface area (Å²) in [5.41, 5.74) is 9.00. The van der Waals surface area contributed by atoms with Crippen LogP contribution in [-0.2, 0) is 29.1 Å². The summed E-state index contributed by atoms with van der Waals surface area (Å²) in [6.07, 6.45) is 1.78. The maximum absolute atomic E-state index is 12.1. The largest absolute Gasteiger partial charge is 0.369 e. The van der Waals surface area contributed by atoms with Gasteiger partial charge in [-0.05, 0) is 29.5 Å². The zero-order valence-electron chi connectivity index (χ0n) is 13.7. The quantitative estimate of drug-likeness (QED) is 0.771. The lowest BCUT2D eigenvalue weighted by atomic mass is 9.98. The number of benzene rings is 2. The van der Waals surface area contributed by atoms with Crippen LogP contribution in [0.4, 0.5) is 0 Å². The molecule has 0 bridgehead atoms. The Bertz CT molecular complexity index is 593. The number of Topliss-reactive ketones (excluding diaryl/α,β-unsaturated/α-hetero) is 1. The van der Waals surface area contributed by atoms with E-state index >= 15 is 0 Å². The van der Waals surface area contributed by atoms with Gasteiger partial charge < -0.3 is 10.5 Å². The van der Waals surface area contributed by atoms with Crippen molar-refractivity contribution in [1.29, 1.82) is 0 Å². The Balaban J connectivity index is 1.69. The molecule has 0 aliphatic carbocycles. The van der Waals surface area contributed by atoms with Crippen LogP contribution in [0.5, 0.6) is 0 Å². The van der Waals surface area contributed by atoms with Crippen LogP contribution in [-0.4, -0.2) is 12.4 Å². The van der Waals surface area contributed by atoms with E-state index in [1.807, 2.05) is 49.4 Å². The van der Waals surface area contributed by atoms with E-state index in [1.54, 1.807) is 0 Å². The van der Waals surface area contributed by atoms with Gasteiger partial charge in [-0.3, -0.25) is 4.79 Å². The van der Waals surface area contributed by atoms with Crippen LogP contribution in [0, 0.1) is 5.92 Å². The number of carbonyl (C=O) groups is 1. The number of ether oxygens (including phenoxy) is 1. The predicted molar refractivity (Wildman–Crippen MR) is 92.9 cm³/mol. The highest BCUT2D eigenvalue weighted by Crippen LogP contribution is 2.11. The van der Waals surface area contributed by atoms with Gasteiger partial charge in [-0.1, -0.05) is 61.5 Å². The van der Waals surface area contributed by atoms with E-state index in [-0.39, 0.29) is 18.3 Å². The molecule has 0 heterocycles. The number of nitrogens with two attached hydrogens (primary N) is 1. The minimum absolute atomic E-state index is 0.0230. The van der Waals surface area contributed by atoms with Crippen LogP contribution in [0.15, 0.2) is 54.6 Å². The number of carbonyl (C=O) groups excluding carboxylic acids is 1. The number of hydrogen-bond acceptors (Lipinski definition) is 3. The van der Waals surface area contributed by atoms with Crippen molar-refractivity contribution >= 4 is 5.78 Å². The fourth-order valence-corrected chi connectivity index (χ4v) is 2.37. The van der Waals surface area contributed by atoms with E-state index in [1.165, 1.54) is 5.56 Å². The van der Waals surface area contributed by atoms with Crippen molar-refractivity contribution in [3.05, 3.63) is 71.3 Å². The smallest absolute Gasteiger partial charge is 0.161 e. The Morgan fingerprint density at radius 1 is 1.00 bits per heavy atom. The van der Waals surface area contributed by atoms with Crippen LogP contribution in [0.2, 0.25) is 0 Å². The fraction of sp³-hybridized carbons (Fsp3) is 0.350. The van der Waals surface area contributed by atoms with Gasteiger partial charge in [0.25, 0.3) is 0 Å². The van der Waals surface area contributed by atoms with Crippen molar-refractivity contribution in [3.63, 3.8) is 0 Å². The van der Waals surface area contributed by atoms with Gasteiger partial charge in [0.2, 0.25) is 0 Å². The molecule has 0 unspecified atom stereocenters. The monoisotopic (exact) mass is 311 g/mol. The molecule has 0 aliphatic heterocycles. The van der Waals surface area contributed by atoms with Gasteiger partial charge in [-0.15, -0.1) is 0 Å². The second-order valence-electron chi connectivity index (χ2n) is 5.91. The van der Waals surface area contributed by atoms with Crippen LogP contribution in [0.3, 0.4) is 0 Å². The topological polar surface area (TPSA) is 52.3 Å². The zero-order chi connectivity index (χ0) is 16.5. The Morgan fingerprint density at radius 3 is 2.30 bits per heavy atom. The van der Waals surface area contributed by atoms with Crippen molar-refractivity contribution in [1.82, 2.24) is 0 Å². The molecule has 0 spiro atoms. The van der Waals surface area contributed by atoms with Crippen molar-refractivity contribution in [2.45, 2.75) is 32.9 Å². The minimum Gasteiger partial charge on any atom is -0.369 e. The van der Waals surface area contributed by atoms with Crippen molar-refractivity contribution < 1.29 is 9.53 Å². The number of ketones is 1. The predicted octanol–water partition coefficient (Wildman–Crippen LogP) is 3.50. The molecule has 2 aromatic rings. The molecule has 3 heteroatoms. The summed E-state index contributed by atoms with van der Waals surface area (Å²) in [6.45, 7) is 3.15. The Morgan fingerprint density at radius 2 is 1.65 bits per heavy atom. The molecular weight excluding hydrogens is 286 g/mol. The lowest BCUT2D eigenvalue weighted by Crippen LogP contribution is -2.18. The summed E-state index contributed by atoms with van der Waals surface area (Å²) in [5.74, 6) is 0.189. The Hall–Kier alpha value is -1.97. The van der Waals surface area contributed by atoms with Crippen LogP contribution >= 0.6 is 0 Å². The van der Waals surface area contributed by atoms with Crippen LogP contribution < -0.4 is 5.73 Å².